The molecule has 0 saturated carbocycles. The molecule has 0 N–H and O–H groups in total. The largest absolute Gasteiger partial charge is 0.501 e. The number of rotatable bonds is 3. The average molecular weight is 154 g/mol. The topological polar surface area (TPSA) is 18.5 Å². The second-order valence-electron chi connectivity index (χ2n) is 2.58. The van der Waals surface area contributed by atoms with E-state index in [4.69, 9.17) is 9.47 Å². The Balaban J connectivity index is 2.37. The van der Waals surface area contributed by atoms with E-state index in [1.54, 1.807) is 14.2 Å². The van der Waals surface area contributed by atoms with Crippen LogP contribution in [0.5, 0.6) is 0 Å². The second-order valence-corrected chi connectivity index (χ2v) is 2.58. The van der Waals surface area contributed by atoms with E-state index >= 15 is 0 Å². The lowest BCUT2D eigenvalue weighted by molar-refractivity contribution is 0.222. The van der Waals surface area contributed by atoms with Crippen molar-refractivity contribution in [1.29, 1.82) is 0 Å². The summed E-state index contributed by atoms with van der Waals surface area (Å²) in [6.07, 6.45) is 6.16. The molecule has 0 atom stereocenters. The van der Waals surface area contributed by atoms with E-state index < -0.39 is 0 Å². The van der Waals surface area contributed by atoms with Gasteiger partial charge in [-0.3, -0.25) is 0 Å². The van der Waals surface area contributed by atoms with Gasteiger partial charge in [0.2, 0.25) is 0 Å². The van der Waals surface area contributed by atoms with Crippen LogP contribution < -0.4 is 0 Å². The van der Waals surface area contributed by atoms with Crippen LogP contribution in [0.3, 0.4) is 0 Å². The molecule has 0 spiro atoms. The third-order valence-corrected chi connectivity index (χ3v) is 1.78. The van der Waals surface area contributed by atoms with Gasteiger partial charge in [0, 0.05) is 13.5 Å². The van der Waals surface area contributed by atoms with Gasteiger partial charge in [-0.2, -0.15) is 0 Å². The molecule has 0 heterocycles. The van der Waals surface area contributed by atoms with Crippen LogP contribution in [-0.2, 0) is 9.47 Å². The molecule has 0 radical (unpaired) electrons. The van der Waals surface area contributed by atoms with Crippen LogP contribution in [0, 0.1) is 0 Å². The summed E-state index contributed by atoms with van der Waals surface area (Å²) in [4.78, 5) is 0. The van der Waals surface area contributed by atoms with E-state index in [0.29, 0.717) is 0 Å². The summed E-state index contributed by atoms with van der Waals surface area (Å²) >= 11 is 0. The van der Waals surface area contributed by atoms with E-state index in [2.05, 4.69) is 12.2 Å². The molecule has 2 nitrogen and oxygen atoms in total. The summed E-state index contributed by atoms with van der Waals surface area (Å²) < 4.78 is 10.1. The van der Waals surface area contributed by atoms with Crippen molar-refractivity contribution in [3.8, 4) is 0 Å². The average Bonchev–Trinajstić information content (AvgIpc) is 2.07. The van der Waals surface area contributed by atoms with Crippen LogP contribution in [0.15, 0.2) is 23.5 Å². The second kappa shape index (κ2) is 4.19. The van der Waals surface area contributed by atoms with Crippen molar-refractivity contribution in [3.63, 3.8) is 0 Å². The minimum absolute atomic E-state index is 0.744. The fraction of sp³-hybridized carbons (Fsp3) is 0.556. The number of hydrogen-bond acceptors (Lipinski definition) is 2. The van der Waals surface area contributed by atoms with Gasteiger partial charge in [-0.1, -0.05) is 6.08 Å². The maximum absolute atomic E-state index is 5.09. The van der Waals surface area contributed by atoms with Gasteiger partial charge >= 0.3 is 0 Å². The highest BCUT2D eigenvalue weighted by Gasteiger charge is 2.03. The lowest BCUT2D eigenvalue weighted by atomic mass is 10.1. The Morgan fingerprint density at radius 1 is 1.27 bits per heavy atom. The van der Waals surface area contributed by atoms with E-state index in [0.717, 1.165) is 25.2 Å². The van der Waals surface area contributed by atoms with E-state index in [-0.39, 0.29) is 0 Å². The van der Waals surface area contributed by atoms with E-state index in [1.165, 1.54) is 5.57 Å². The minimum atomic E-state index is 0.744. The molecule has 0 aromatic carbocycles. The van der Waals surface area contributed by atoms with Crippen molar-refractivity contribution in [2.75, 3.05) is 20.8 Å². The Labute approximate surface area is 67.5 Å². The van der Waals surface area contributed by atoms with E-state index in [1.807, 2.05) is 0 Å². The smallest absolute Gasteiger partial charge is 0.0956 e. The SMILES string of the molecule is COCC1=CCC(OC)=CC1. The van der Waals surface area contributed by atoms with Crippen LogP contribution in [0.25, 0.3) is 0 Å². The Hall–Kier alpha value is -0.760. The summed E-state index contributed by atoms with van der Waals surface area (Å²) in [6, 6.07) is 0. The zero-order chi connectivity index (χ0) is 8.10. The van der Waals surface area contributed by atoms with Gasteiger partial charge in [0.15, 0.2) is 0 Å². The first-order chi connectivity index (χ1) is 5.36. The van der Waals surface area contributed by atoms with Gasteiger partial charge < -0.3 is 9.47 Å². The third kappa shape index (κ3) is 2.39. The molecule has 0 aliphatic heterocycles. The van der Waals surface area contributed by atoms with Crippen molar-refractivity contribution < 1.29 is 9.47 Å². The Bertz CT molecular complexity index is 180. The number of allylic oxidation sites excluding steroid dienone is 2. The monoisotopic (exact) mass is 154 g/mol. The van der Waals surface area contributed by atoms with Crippen LogP contribution in [0.4, 0.5) is 0 Å². The first kappa shape index (κ1) is 8.34. The van der Waals surface area contributed by atoms with Crippen LogP contribution in [0.2, 0.25) is 0 Å². The third-order valence-electron chi connectivity index (χ3n) is 1.78. The van der Waals surface area contributed by atoms with Gasteiger partial charge in [0.05, 0.1) is 19.5 Å². The molecule has 0 bridgehead atoms. The van der Waals surface area contributed by atoms with Crippen molar-refractivity contribution in [1.82, 2.24) is 0 Å². The molecule has 0 unspecified atom stereocenters. The molecule has 0 aromatic heterocycles. The highest BCUT2D eigenvalue weighted by Crippen LogP contribution is 2.17. The maximum atomic E-state index is 5.09. The molecule has 1 aliphatic rings. The summed E-state index contributed by atoms with van der Waals surface area (Å²) in [6.45, 7) is 0.744. The fourth-order valence-corrected chi connectivity index (χ4v) is 1.13. The Kier molecular flexibility index (Phi) is 3.17. The van der Waals surface area contributed by atoms with Gasteiger partial charge in [0.1, 0.15) is 0 Å². The van der Waals surface area contributed by atoms with Crippen molar-refractivity contribution in [2.45, 2.75) is 12.8 Å². The van der Waals surface area contributed by atoms with Crippen molar-refractivity contribution in [3.05, 3.63) is 23.5 Å². The highest BCUT2D eigenvalue weighted by atomic mass is 16.5. The fourth-order valence-electron chi connectivity index (χ4n) is 1.13. The van der Waals surface area contributed by atoms with E-state index in [9.17, 15) is 0 Å². The summed E-state index contributed by atoms with van der Waals surface area (Å²) in [5.41, 5.74) is 1.34. The molecule has 0 aromatic rings. The lowest BCUT2D eigenvalue weighted by Crippen LogP contribution is -1.99. The van der Waals surface area contributed by atoms with Crippen molar-refractivity contribution in [2.24, 2.45) is 0 Å². The Morgan fingerprint density at radius 3 is 2.55 bits per heavy atom. The molecule has 62 valence electrons. The van der Waals surface area contributed by atoms with Gasteiger partial charge in [-0.15, -0.1) is 0 Å². The standard InChI is InChI=1S/C9H14O2/c1-10-7-8-3-5-9(11-2)6-4-8/h3,6H,4-5,7H2,1-2H3. The minimum Gasteiger partial charge on any atom is -0.501 e. The predicted octanol–water partition coefficient (Wildman–Crippen LogP) is 1.88. The first-order valence-corrected chi connectivity index (χ1v) is 3.76. The van der Waals surface area contributed by atoms with Crippen LogP contribution >= 0.6 is 0 Å². The molecule has 1 aliphatic carbocycles. The lowest BCUT2D eigenvalue weighted by Gasteiger charge is -2.11. The summed E-state index contributed by atoms with van der Waals surface area (Å²) in [5.74, 6) is 1.06. The molecule has 2 heteroatoms. The molecular formula is C9H14O2. The maximum Gasteiger partial charge on any atom is 0.0956 e. The molecule has 0 amide bonds. The normalized spacial score (nSPS) is 17.3. The zero-order valence-electron chi connectivity index (χ0n) is 7.09. The van der Waals surface area contributed by atoms with Gasteiger partial charge in [0.25, 0.3) is 0 Å². The van der Waals surface area contributed by atoms with Gasteiger partial charge in [-0.25, -0.2) is 0 Å². The zero-order valence-corrected chi connectivity index (χ0v) is 7.09. The number of hydrogen-bond donors (Lipinski definition) is 0. The van der Waals surface area contributed by atoms with Crippen molar-refractivity contribution >= 4 is 0 Å². The van der Waals surface area contributed by atoms with Crippen LogP contribution in [-0.4, -0.2) is 20.8 Å². The Morgan fingerprint density at radius 2 is 2.09 bits per heavy atom. The molecular weight excluding hydrogens is 140 g/mol. The molecule has 0 saturated heterocycles. The number of methoxy groups -OCH3 is 2. The highest BCUT2D eigenvalue weighted by molar-refractivity contribution is 5.18. The molecule has 1 rings (SSSR count). The molecule has 0 fully saturated rings. The van der Waals surface area contributed by atoms with Gasteiger partial charge in [-0.05, 0) is 18.1 Å². The molecule has 11 heavy (non-hydrogen) atoms. The number of ether oxygens (including phenoxy) is 2. The van der Waals surface area contributed by atoms with Crippen LogP contribution in [0.1, 0.15) is 12.8 Å². The predicted molar refractivity (Wildman–Crippen MR) is 44.3 cm³/mol. The first-order valence-electron chi connectivity index (χ1n) is 3.76. The quantitative estimate of drug-likeness (QED) is 0.578. The summed E-state index contributed by atoms with van der Waals surface area (Å²) in [7, 11) is 3.43. The summed E-state index contributed by atoms with van der Waals surface area (Å²) in [5, 5.41) is 0.